The zero-order chi connectivity index (χ0) is 11.0. The van der Waals surface area contributed by atoms with Crippen molar-refractivity contribution >= 4 is 16.8 Å². The Morgan fingerprint density at radius 3 is 2.81 bits per heavy atom. The SMILES string of the molecule is NC1CCN(c2noc3ccccc23)CC1. The molecule has 0 aliphatic carbocycles. The van der Waals surface area contributed by atoms with Gasteiger partial charge >= 0.3 is 0 Å². The van der Waals surface area contributed by atoms with Crippen molar-refractivity contribution in [1.29, 1.82) is 0 Å². The predicted molar refractivity (Wildman–Crippen MR) is 63.4 cm³/mol. The minimum absolute atomic E-state index is 0.342. The molecular weight excluding hydrogens is 202 g/mol. The first-order chi connectivity index (χ1) is 7.84. The molecule has 1 aromatic carbocycles. The number of benzene rings is 1. The van der Waals surface area contributed by atoms with Gasteiger partial charge in [0.2, 0.25) is 0 Å². The van der Waals surface area contributed by atoms with Crippen molar-refractivity contribution < 1.29 is 4.52 Å². The van der Waals surface area contributed by atoms with Crippen LogP contribution in [0.15, 0.2) is 28.8 Å². The fourth-order valence-corrected chi connectivity index (χ4v) is 2.21. The minimum atomic E-state index is 0.342. The van der Waals surface area contributed by atoms with Crippen molar-refractivity contribution in [3.05, 3.63) is 24.3 Å². The zero-order valence-electron chi connectivity index (χ0n) is 9.10. The number of anilines is 1. The fourth-order valence-electron chi connectivity index (χ4n) is 2.21. The number of aromatic nitrogens is 1. The number of nitrogens with zero attached hydrogens (tertiary/aromatic N) is 2. The van der Waals surface area contributed by atoms with Gasteiger partial charge in [-0.2, -0.15) is 0 Å². The van der Waals surface area contributed by atoms with Gasteiger partial charge in [0, 0.05) is 19.1 Å². The van der Waals surface area contributed by atoms with Crippen molar-refractivity contribution in [2.45, 2.75) is 18.9 Å². The Morgan fingerprint density at radius 2 is 2.00 bits per heavy atom. The lowest BCUT2D eigenvalue weighted by atomic mass is 10.1. The number of fused-ring (bicyclic) bond motifs is 1. The average Bonchev–Trinajstić information content (AvgIpc) is 2.74. The molecule has 84 valence electrons. The summed E-state index contributed by atoms with van der Waals surface area (Å²) in [6.45, 7) is 1.94. The average molecular weight is 217 g/mol. The summed E-state index contributed by atoms with van der Waals surface area (Å²) in [4.78, 5) is 2.26. The lowest BCUT2D eigenvalue weighted by molar-refractivity contribution is 0.443. The van der Waals surface area contributed by atoms with E-state index in [9.17, 15) is 0 Å². The van der Waals surface area contributed by atoms with E-state index in [-0.39, 0.29) is 0 Å². The molecule has 0 unspecified atom stereocenters. The summed E-state index contributed by atoms with van der Waals surface area (Å²) >= 11 is 0. The van der Waals surface area contributed by atoms with E-state index in [1.165, 1.54) is 0 Å². The monoisotopic (exact) mass is 217 g/mol. The highest BCUT2D eigenvalue weighted by atomic mass is 16.5. The summed E-state index contributed by atoms with van der Waals surface area (Å²) < 4.78 is 5.31. The van der Waals surface area contributed by atoms with Crippen LogP contribution in [0.1, 0.15) is 12.8 Å². The van der Waals surface area contributed by atoms with Crippen molar-refractivity contribution in [1.82, 2.24) is 5.16 Å². The first-order valence-electron chi connectivity index (χ1n) is 5.69. The smallest absolute Gasteiger partial charge is 0.179 e. The van der Waals surface area contributed by atoms with Crippen LogP contribution in [0.25, 0.3) is 11.0 Å². The van der Waals surface area contributed by atoms with Gasteiger partial charge < -0.3 is 15.2 Å². The molecule has 0 saturated carbocycles. The second-order valence-corrected chi connectivity index (χ2v) is 4.33. The highest BCUT2D eigenvalue weighted by Gasteiger charge is 2.20. The van der Waals surface area contributed by atoms with E-state index in [0.717, 1.165) is 42.7 Å². The van der Waals surface area contributed by atoms with Gasteiger partial charge in [-0.25, -0.2) is 0 Å². The molecule has 1 aromatic heterocycles. The normalized spacial score (nSPS) is 18.2. The molecular formula is C12H15N3O. The number of hydrogen-bond acceptors (Lipinski definition) is 4. The molecule has 0 radical (unpaired) electrons. The third-order valence-electron chi connectivity index (χ3n) is 3.20. The van der Waals surface area contributed by atoms with Gasteiger partial charge in [0.15, 0.2) is 11.4 Å². The van der Waals surface area contributed by atoms with E-state index >= 15 is 0 Å². The quantitative estimate of drug-likeness (QED) is 0.790. The maximum atomic E-state index is 5.89. The Bertz CT molecular complexity index is 486. The molecule has 4 nitrogen and oxygen atoms in total. The number of hydrogen-bond donors (Lipinski definition) is 1. The number of para-hydroxylation sites is 1. The van der Waals surface area contributed by atoms with E-state index in [0.29, 0.717) is 6.04 Å². The van der Waals surface area contributed by atoms with Crippen LogP contribution in [0.5, 0.6) is 0 Å². The highest BCUT2D eigenvalue weighted by molar-refractivity contribution is 5.88. The Kier molecular flexibility index (Phi) is 2.29. The van der Waals surface area contributed by atoms with E-state index in [4.69, 9.17) is 10.3 Å². The molecule has 0 spiro atoms. The van der Waals surface area contributed by atoms with Crippen LogP contribution < -0.4 is 10.6 Å². The molecule has 0 amide bonds. The molecule has 1 saturated heterocycles. The molecule has 2 heterocycles. The molecule has 1 fully saturated rings. The van der Waals surface area contributed by atoms with Crippen LogP contribution in [0.3, 0.4) is 0 Å². The van der Waals surface area contributed by atoms with Crippen molar-refractivity contribution in [3.8, 4) is 0 Å². The van der Waals surface area contributed by atoms with E-state index in [1.807, 2.05) is 18.2 Å². The maximum Gasteiger partial charge on any atom is 0.179 e. The van der Waals surface area contributed by atoms with E-state index < -0.39 is 0 Å². The summed E-state index contributed by atoms with van der Waals surface area (Å²) in [7, 11) is 0. The van der Waals surface area contributed by atoms with Gasteiger partial charge in [0.25, 0.3) is 0 Å². The predicted octanol–water partition coefficient (Wildman–Crippen LogP) is 1.76. The standard InChI is InChI=1S/C12H15N3O/c13-9-5-7-15(8-6-9)12-10-3-1-2-4-11(10)16-14-12/h1-4,9H,5-8,13H2. The van der Waals surface area contributed by atoms with Gasteiger partial charge in [-0.15, -0.1) is 0 Å². The topological polar surface area (TPSA) is 55.3 Å². The Balaban J connectivity index is 1.94. The molecule has 2 N–H and O–H groups in total. The number of nitrogens with two attached hydrogens (primary N) is 1. The Hall–Kier alpha value is -1.55. The maximum absolute atomic E-state index is 5.89. The van der Waals surface area contributed by atoms with Crippen LogP contribution in [0, 0.1) is 0 Å². The largest absolute Gasteiger partial charge is 0.354 e. The number of rotatable bonds is 1. The van der Waals surface area contributed by atoms with Gasteiger partial charge in [0.05, 0.1) is 5.39 Å². The first kappa shape index (κ1) is 9.66. The van der Waals surface area contributed by atoms with Crippen LogP contribution in [-0.4, -0.2) is 24.3 Å². The van der Waals surface area contributed by atoms with E-state index in [2.05, 4.69) is 16.1 Å². The Morgan fingerprint density at radius 1 is 1.25 bits per heavy atom. The van der Waals surface area contributed by atoms with Crippen molar-refractivity contribution in [2.24, 2.45) is 5.73 Å². The fraction of sp³-hybridized carbons (Fsp3) is 0.417. The lowest BCUT2D eigenvalue weighted by Gasteiger charge is -2.29. The van der Waals surface area contributed by atoms with E-state index in [1.54, 1.807) is 0 Å². The first-order valence-corrected chi connectivity index (χ1v) is 5.69. The lowest BCUT2D eigenvalue weighted by Crippen LogP contribution is -2.39. The summed E-state index contributed by atoms with van der Waals surface area (Å²) in [5.41, 5.74) is 6.75. The van der Waals surface area contributed by atoms with Crippen molar-refractivity contribution in [3.63, 3.8) is 0 Å². The van der Waals surface area contributed by atoms with Gasteiger partial charge in [-0.05, 0) is 25.0 Å². The van der Waals surface area contributed by atoms with Gasteiger partial charge in [-0.1, -0.05) is 17.3 Å². The highest BCUT2D eigenvalue weighted by Crippen LogP contribution is 2.27. The molecule has 3 rings (SSSR count). The number of piperidine rings is 1. The molecule has 4 heteroatoms. The second-order valence-electron chi connectivity index (χ2n) is 4.33. The third kappa shape index (κ3) is 1.55. The minimum Gasteiger partial charge on any atom is -0.354 e. The Labute approximate surface area is 94.0 Å². The van der Waals surface area contributed by atoms with Gasteiger partial charge in [-0.3, -0.25) is 0 Å². The van der Waals surface area contributed by atoms with Gasteiger partial charge in [0.1, 0.15) is 0 Å². The van der Waals surface area contributed by atoms with Crippen LogP contribution in [0.2, 0.25) is 0 Å². The molecule has 1 aliphatic heterocycles. The molecule has 0 bridgehead atoms. The molecule has 2 aromatic rings. The zero-order valence-corrected chi connectivity index (χ0v) is 9.10. The van der Waals surface area contributed by atoms with Crippen LogP contribution in [-0.2, 0) is 0 Å². The van der Waals surface area contributed by atoms with Crippen molar-refractivity contribution in [2.75, 3.05) is 18.0 Å². The summed E-state index contributed by atoms with van der Waals surface area (Å²) in [6.07, 6.45) is 2.06. The molecule has 1 aliphatic rings. The molecule has 0 atom stereocenters. The molecule has 16 heavy (non-hydrogen) atoms. The summed E-state index contributed by atoms with van der Waals surface area (Å²) in [5.74, 6) is 0.961. The summed E-state index contributed by atoms with van der Waals surface area (Å²) in [5, 5.41) is 5.25. The van der Waals surface area contributed by atoms with Crippen LogP contribution >= 0.6 is 0 Å². The summed E-state index contributed by atoms with van der Waals surface area (Å²) in [6, 6.07) is 8.31. The second kappa shape index (κ2) is 3.79. The van der Waals surface area contributed by atoms with Crippen LogP contribution in [0.4, 0.5) is 5.82 Å². The third-order valence-corrected chi connectivity index (χ3v) is 3.20.